The fourth-order valence-electron chi connectivity index (χ4n) is 24.3. The summed E-state index contributed by atoms with van der Waals surface area (Å²) < 4.78 is 13.6. The normalized spacial score (nSPS) is 20.5. The third kappa shape index (κ3) is 24.5. The van der Waals surface area contributed by atoms with E-state index in [1.54, 1.807) is 6.07 Å². The maximum absolute atomic E-state index is 13.6. The zero-order chi connectivity index (χ0) is 96.1. The number of nitrogens with one attached hydrogen (secondary N) is 7. The molecule has 11 heterocycles. The van der Waals surface area contributed by atoms with E-state index in [-0.39, 0.29) is 5.82 Å². The Hall–Kier alpha value is -9.72. The van der Waals surface area contributed by atoms with Gasteiger partial charge < -0.3 is 65.6 Å². The highest BCUT2D eigenvalue weighted by molar-refractivity contribution is 5.91. The number of likely N-dealkylation sites (N-methyl/N-ethyl adjacent to an activating group) is 1. The Morgan fingerprint density at radius 1 is 0.393 bits per heavy atom. The Kier molecular flexibility index (Phi) is 32.8. The summed E-state index contributed by atoms with van der Waals surface area (Å²) in [7, 11) is 2.26. The number of benzene rings is 8. The number of nitrogens with zero attached hydrogens (tertiary/aromatic N) is 12. The van der Waals surface area contributed by atoms with Gasteiger partial charge in [0.15, 0.2) is 0 Å². The number of carbonyl (C=O) groups is 1. The molecular weight excluding hydrogens is 1730 g/mol. The predicted molar refractivity (Wildman–Crippen MR) is 585 cm³/mol. The molecule has 1 amide bonds. The lowest BCUT2D eigenvalue weighted by Gasteiger charge is -2.54. The maximum Gasteiger partial charge on any atom is 0.223 e. The van der Waals surface area contributed by atoms with Gasteiger partial charge in [0.25, 0.3) is 0 Å². The van der Waals surface area contributed by atoms with E-state index in [1.165, 1.54) is 270 Å². The molecule has 11 aliphatic rings. The van der Waals surface area contributed by atoms with E-state index in [0.717, 1.165) is 140 Å². The van der Waals surface area contributed by atoms with Crippen LogP contribution in [0, 0.1) is 12.7 Å². The van der Waals surface area contributed by atoms with Crippen molar-refractivity contribution in [3.8, 4) is 33.8 Å². The van der Waals surface area contributed by atoms with E-state index in [9.17, 15) is 9.18 Å². The molecule has 0 atom stereocenters. The van der Waals surface area contributed by atoms with E-state index < -0.39 is 0 Å². The van der Waals surface area contributed by atoms with Crippen LogP contribution < -0.4 is 40.9 Å². The number of hydrogen-bond acceptors (Lipinski definition) is 16. The molecule has 746 valence electrons. The first-order valence-corrected chi connectivity index (χ1v) is 54.3. The number of allylic oxidation sites excluding steroid dienone is 1. The number of piperidine rings is 4. The van der Waals surface area contributed by atoms with Crippen LogP contribution in [-0.4, -0.2) is 310 Å². The molecule has 21 heteroatoms. The van der Waals surface area contributed by atoms with Gasteiger partial charge in [-0.2, -0.15) is 0 Å². The van der Waals surface area contributed by atoms with Crippen molar-refractivity contribution in [2.24, 2.45) is 0 Å². The van der Waals surface area contributed by atoms with Crippen molar-refractivity contribution in [1.29, 1.82) is 0 Å². The molecule has 3 aliphatic carbocycles. The molecule has 0 spiro atoms. The lowest BCUT2D eigenvalue weighted by atomic mass is 9.74. The first-order valence-electron chi connectivity index (χ1n) is 54.3. The number of rotatable bonds is 27. The largest absolute Gasteiger partial charge is 0.371 e. The van der Waals surface area contributed by atoms with Gasteiger partial charge in [0.1, 0.15) is 5.82 Å². The molecule has 3 aromatic heterocycles. The first-order chi connectivity index (χ1) is 68.3. The Morgan fingerprint density at radius 2 is 0.800 bits per heavy atom. The van der Waals surface area contributed by atoms with E-state index >= 15 is 0 Å². The number of aromatic amines is 3. The molecule has 7 N–H and O–H groups in total. The third-order valence-electron chi connectivity index (χ3n) is 34.0. The number of aromatic nitrogens is 3. The average Bonchev–Trinajstić information content (AvgIpc) is 1.34. The van der Waals surface area contributed by atoms with Crippen LogP contribution in [0.1, 0.15) is 160 Å². The van der Waals surface area contributed by atoms with Crippen molar-refractivity contribution in [1.82, 2.24) is 75.4 Å². The van der Waals surface area contributed by atoms with Gasteiger partial charge in [0, 0.05) is 322 Å². The van der Waals surface area contributed by atoms with E-state index in [2.05, 4.69) is 328 Å². The lowest BCUT2D eigenvalue weighted by molar-refractivity contribution is -0.133. The summed E-state index contributed by atoms with van der Waals surface area (Å²) in [5.41, 5.74) is 23.7. The molecule has 10 fully saturated rings. The minimum atomic E-state index is -0.194. The summed E-state index contributed by atoms with van der Waals surface area (Å²) in [6.45, 7) is 48.6. The van der Waals surface area contributed by atoms with Crippen LogP contribution in [0.4, 0.5) is 27.1 Å². The molecule has 140 heavy (non-hydrogen) atoms. The number of carbonyl (C=O) groups excluding carboxylic acids is 1. The van der Waals surface area contributed by atoms with Crippen molar-refractivity contribution < 1.29 is 9.18 Å². The number of para-hydroxylation sites is 2. The molecule has 20 nitrogen and oxygen atoms in total. The van der Waals surface area contributed by atoms with Gasteiger partial charge >= 0.3 is 0 Å². The van der Waals surface area contributed by atoms with Crippen LogP contribution in [0.25, 0.3) is 78.1 Å². The molecule has 0 unspecified atom stereocenters. The Bertz CT molecular complexity index is 5770. The number of amides is 1. The number of fused-ring (bicyclic) bond motifs is 4. The summed E-state index contributed by atoms with van der Waals surface area (Å²) in [6.07, 6.45) is 21.8. The molecule has 2 saturated carbocycles. The summed E-state index contributed by atoms with van der Waals surface area (Å²) in [5.74, 6) is 0.104. The molecule has 8 aliphatic heterocycles. The van der Waals surface area contributed by atoms with Crippen molar-refractivity contribution in [3.63, 3.8) is 0 Å². The molecule has 11 aromatic rings. The molecule has 0 bridgehead atoms. The summed E-state index contributed by atoms with van der Waals surface area (Å²) in [4.78, 5) is 53.8. The Morgan fingerprint density at radius 3 is 1.25 bits per heavy atom. The fourth-order valence-corrected chi connectivity index (χ4v) is 24.3. The molecule has 8 aromatic carbocycles. The number of hydrogen-bond donors (Lipinski definition) is 7. The fraction of sp³-hybridized carbons (Fsp3) is 0.521. The lowest BCUT2D eigenvalue weighted by Crippen LogP contribution is -2.65. The highest BCUT2D eigenvalue weighted by atomic mass is 19.1. The second kappa shape index (κ2) is 46.3. The topological polar surface area (TPSA) is 151 Å². The van der Waals surface area contributed by atoms with Crippen LogP contribution in [-0.2, 0) is 11.2 Å². The monoisotopic (exact) mass is 1890 g/mol. The second-order valence-electron chi connectivity index (χ2n) is 43.7. The second-order valence-corrected chi connectivity index (χ2v) is 43.7. The quantitative estimate of drug-likeness (QED) is 0.0261. The van der Waals surface area contributed by atoms with Gasteiger partial charge in [-0.1, -0.05) is 109 Å². The molecule has 22 rings (SSSR count). The van der Waals surface area contributed by atoms with Crippen LogP contribution in [0.15, 0.2) is 200 Å². The highest BCUT2D eigenvalue weighted by Crippen LogP contribution is 2.43. The van der Waals surface area contributed by atoms with Gasteiger partial charge in [-0.05, 0) is 293 Å². The minimum absolute atomic E-state index is 0.194. The zero-order valence-corrected chi connectivity index (χ0v) is 85.6. The van der Waals surface area contributed by atoms with Crippen LogP contribution in [0.2, 0.25) is 0 Å². The number of anilines is 4. The average molecular weight is 1890 g/mol. The Labute approximate surface area is 835 Å². The highest BCUT2D eigenvalue weighted by Gasteiger charge is 2.46. The molecular formula is C119H162FN19O. The molecule has 0 radical (unpaired) electrons. The number of H-pyrrole nitrogens is 3. The summed E-state index contributed by atoms with van der Waals surface area (Å²) in [5, 5.41) is 19.0. The van der Waals surface area contributed by atoms with Crippen molar-refractivity contribution in [2.45, 2.75) is 205 Å². The van der Waals surface area contributed by atoms with Crippen LogP contribution in [0.5, 0.6) is 0 Å². The maximum atomic E-state index is 13.6. The number of halogens is 1. The van der Waals surface area contributed by atoms with Crippen molar-refractivity contribution in [3.05, 3.63) is 228 Å². The van der Waals surface area contributed by atoms with Gasteiger partial charge in [0.05, 0.1) is 0 Å². The molecule has 8 saturated heterocycles. The van der Waals surface area contributed by atoms with Crippen molar-refractivity contribution >= 4 is 73.0 Å². The number of aryl methyl sites for hydroxylation is 1. The van der Waals surface area contributed by atoms with Gasteiger partial charge in [0.2, 0.25) is 5.91 Å². The summed E-state index contributed by atoms with van der Waals surface area (Å²) in [6, 6.07) is 75.3. The van der Waals surface area contributed by atoms with E-state index in [4.69, 9.17) is 0 Å². The SMILES string of the molecule is CC(C)N1CCN(C(=O)CCNC2CCN(c3cccc(-c4cc5ccccc5[nH]4)c3)CC2)CC1.CC(C)N1CCN(C2(CNC3CCN(c4cccc(-c5cc6cc(F)ccc6[nH]5)c4)CC3)CCC2)CC1.CN1CCN(C2(CNC3CCN(c4cccc(-c5cc6ccccc6[nH]5)c4)CC3)CCC2)CC1.Cc1ccc(N2CCC(NCCN3CCN(C(C)C)CC3)CC2)cc1C1=Cc2ccccc2C1. The third-order valence-corrected chi connectivity index (χ3v) is 34.0. The van der Waals surface area contributed by atoms with Gasteiger partial charge in [-0.15, -0.1) is 0 Å². The Balaban J connectivity index is 0.000000119. The smallest absolute Gasteiger partial charge is 0.223 e. The van der Waals surface area contributed by atoms with Gasteiger partial charge in [-0.3, -0.25) is 34.2 Å². The number of piperazine rings is 4. The van der Waals surface area contributed by atoms with Gasteiger partial charge in [-0.25, -0.2) is 4.39 Å². The van der Waals surface area contributed by atoms with Crippen molar-refractivity contribution in [2.75, 3.05) is 216 Å². The van der Waals surface area contributed by atoms with E-state index in [1.807, 2.05) is 17.0 Å². The minimum Gasteiger partial charge on any atom is -0.371 e. The zero-order valence-electron chi connectivity index (χ0n) is 85.6. The van der Waals surface area contributed by atoms with E-state index in [0.29, 0.717) is 65.7 Å². The predicted octanol–water partition coefficient (Wildman–Crippen LogP) is 19.1. The first kappa shape index (κ1) is 99.0. The van der Waals surface area contributed by atoms with Crippen LogP contribution >= 0.6 is 0 Å². The van der Waals surface area contributed by atoms with Crippen LogP contribution in [0.3, 0.4) is 0 Å². The standard InChI is InChI=1S/C31H42FN5.C30H42N4.C29H39N5O.C29H39N5/c1-23(2)35-15-17-37(18-16-35)31(11-4-12-31)22-33-27-9-13-36(14-10-27)28-6-3-5-24(20-28)30-21-25-19-26(32)7-8-29(25)34-30;1-23(2)33-18-16-32(17-19-33)15-12-31-28-10-13-34(14-11-28)29-9-8-24(3)30(22-29)27-20-25-6-4-5-7-26(25)21-27;1-22(2)32-16-18-34(19-17-32)29(35)10-13-30-25-11-14-33(15-12-25)26-8-5-7-23(20-26)28-21-24-6-3-4-9-27(24)31-28;1-32-16-18-34(19-17-32)29(12-5-13-29)22-30-25-10-14-33(15-11-25)26-8-4-7-23(20-26)28-21-24-6-2-3-9-27(24)31-28/h3,5-8,19-21,23,27,33-34H,4,9-18,22H2,1-2H3;4-9,20,22-23,28,31H,10-19,21H2,1-3H3;3-9,20-22,25,30-31H,10-19H2,1-2H3;2-4,6-9,20-21,25,30-31H,5,10-19,22H2,1H3. The summed E-state index contributed by atoms with van der Waals surface area (Å²) >= 11 is 0.